The maximum atomic E-state index is 12.7. The summed E-state index contributed by atoms with van der Waals surface area (Å²) < 4.78 is 4.21. The van der Waals surface area contributed by atoms with Crippen LogP contribution in [0.4, 0.5) is 0 Å². The second-order valence-electron chi connectivity index (χ2n) is 6.16. The van der Waals surface area contributed by atoms with Crippen LogP contribution in [0.1, 0.15) is 20.8 Å². The van der Waals surface area contributed by atoms with Crippen molar-refractivity contribution in [3.63, 3.8) is 0 Å². The molecule has 0 aliphatic rings. The van der Waals surface area contributed by atoms with E-state index in [4.69, 9.17) is 27.9 Å². The highest BCUT2D eigenvalue weighted by Crippen LogP contribution is 2.36. The Kier molecular flexibility index (Phi) is 5.86. The number of thioether (sulfide) groups is 1. The van der Waals surface area contributed by atoms with Crippen LogP contribution in [0.3, 0.4) is 0 Å². The molecule has 0 fully saturated rings. The maximum absolute atomic E-state index is 12.7. The van der Waals surface area contributed by atoms with E-state index in [1.807, 2.05) is 11.4 Å². The largest absolute Gasteiger partial charge is 0.465 e. The third-order valence-corrected chi connectivity index (χ3v) is 6.45. The van der Waals surface area contributed by atoms with Gasteiger partial charge in [0.1, 0.15) is 9.58 Å². The summed E-state index contributed by atoms with van der Waals surface area (Å²) in [5.74, 6) is -0.361. The molecule has 27 heavy (non-hydrogen) atoms. The van der Waals surface area contributed by atoms with Gasteiger partial charge in [-0.05, 0) is 38.5 Å². The van der Waals surface area contributed by atoms with E-state index < -0.39 is 4.75 Å². The standard InChI is InChI=1S/C18H16Cl2N2O3S2/c1-4-25-16(24)18(2,3)27-17-21-14(23)13-10(8-26-15(13)22-17)9-5-6-11(19)12(20)7-9/h5-8H,4H2,1-3H3,(H,21,22,23). The average Bonchev–Trinajstić information content (AvgIpc) is 3.01. The number of hydrogen-bond acceptors (Lipinski definition) is 6. The molecule has 0 amide bonds. The Hall–Kier alpha value is -1.54. The van der Waals surface area contributed by atoms with Gasteiger partial charge in [-0.15, -0.1) is 11.3 Å². The molecular weight excluding hydrogens is 427 g/mol. The van der Waals surface area contributed by atoms with E-state index in [1.165, 1.54) is 11.3 Å². The monoisotopic (exact) mass is 442 g/mol. The van der Waals surface area contributed by atoms with Crippen LogP contribution in [0.5, 0.6) is 0 Å². The molecule has 0 bridgehead atoms. The number of halogens is 2. The van der Waals surface area contributed by atoms with Crippen LogP contribution in [0.25, 0.3) is 21.3 Å². The Balaban J connectivity index is 2.01. The minimum absolute atomic E-state index is 0.274. The zero-order valence-corrected chi connectivity index (χ0v) is 17.9. The second-order valence-corrected chi connectivity index (χ2v) is 9.45. The van der Waals surface area contributed by atoms with Crippen molar-refractivity contribution in [1.29, 1.82) is 0 Å². The first-order chi connectivity index (χ1) is 12.7. The molecule has 2 heterocycles. The van der Waals surface area contributed by atoms with Crippen molar-refractivity contribution in [3.05, 3.63) is 44.0 Å². The Labute approximate surface area is 174 Å². The highest BCUT2D eigenvalue weighted by atomic mass is 35.5. The van der Waals surface area contributed by atoms with E-state index in [-0.39, 0.29) is 11.5 Å². The average molecular weight is 443 g/mol. The molecule has 3 aromatic rings. The van der Waals surface area contributed by atoms with E-state index in [0.717, 1.165) is 22.9 Å². The van der Waals surface area contributed by atoms with Crippen LogP contribution in [0.15, 0.2) is 33.5 Å². The Morgan fingerprint density at radius 3 is 2.74 bits per heavy atom. The van der Waals surface area contributed by atoms with Crippen molar-refractivity contribution in [2.45, 2.75) is 30.7 Å². The minimum atomic E-state index is -0.872. The normalized spacial score (nSPS) is 11.7. The van der Waals surface area contributed by atoms with E-state index in [2.05, 4.69) is 9.97 Å². The number of hydrogen-bond donors (Lipinski definition) is 1. The number of nitrogens with zero attached hydrogens (tertiary/aromatic N) is 1. The predicted octanol–water partition coefficient (Wildman–Crippen LogP) is 5.39. The van der Waals surface area contributed by atoms with Gasteiger partial charge in [0, 0.05) is 10.9 Å². The minimum Gasteiger partial charge on any atom is -0.465 e. The van der Waals surface area contributed by atoms with Gasteiger partial charge in [0.05, 0.1) is 22.0 Å². The summed E-state index contributed by atoms with van der Waals surface area (Å²) in [5, 5.41) is 3.58. The SMILES string of the molecule is CCOC(=O)C(C)(C)Sc1nc2scc(-c3ccc(Cl)c(Cl)c3)c2c(=O)[nH]1. The highest BCUT2D eigenvalue weighted by Gasteiger charge is 2.32. The van der Waals surface area contributed by atoms with Crippen molar-refractivity contribution >= 4 is 62.5 Å². The molecule has 2 aromatic heterocycles. The van der Waals surface area contributed by atoms with Crippen molar-refractivity contribution in [1.82, 2.24) is 9.97 Å². The lowest BCUT2D eigenvalue weighted by atomic mass is 10.1. The molecule has 0 spiro atoms. The number of rotatable bonds is 5. The number of aromatic nitrogens is 2. The second kappa shape index (κ2) is 7.83. The summed E-state index contributed by atoms with van der Waals surface area (Å²) in [6.07, 6.45) is 0. The quantitative estimate of drug-likeness (QED) is 0.325. The fourth-order valence-electron chi connectivity index (χ4n) is 2.44. The molecule has 3 rings (SSSR count). The maximum Gasteiger partial charge on any atom is 0.322 e. The molecular formula is C18H16Cl2N2O3S2. The van der Waals surface area contributed by atoms with Gasteiger partial charge in [-0.1, -0.05) is 41.0 Å². The number of fused-ring (bicyclic) bond motifs is 1. The van der Waals surface area contributed by atoms with Gasteiger partial charge >= 0.3 is 5.97 Å². The molecule has 0 radical (unpaired) electrons. The van der Waals surface area contributed by atoms with Crippen molar-refractivity contribution in [2.24, 2.45) is 0 Å². The number of esters is 1. The summed E-state index contributed by atoms with van der Waals surface area (Å²) in [6, 6.07) is 5.22. The predicted molar refractivity (Wildman–Crippen MR) is 112 cm³/mol. The highest BCUT2D eigenvalue weighted by molar-refractivity contribution is 8.01. The Morgan fingerprint density at radius 2 is 2.07 bits per heavy atom. The molecule has 0 saturated carbocycles. The molecule has 1 N–H and O–H groups in total. The number of thiophene rings is 1. The first kappa shape index (κ1) is 20.2. The summed E-state index contributed by atoms with van der Waals surface area (Å²) in [4.78, 5) is 32.6. The fourth-order valence-corrected chi connectivity index (χ4v) is 4.65. The third kappa shape index (κ3) is 4.16. The third-order valence-electron chi connectivity index (χ3n) is 3.77. The molecule has 0 saturated heterocycles. The molecule has 0 atom stereocenters. The van der Waals surface area contributed by atoms with E-state index >= 15 is 0 Å². The zero-order chi connectivity index (χ0) is 19.8. The Morgan fingerprint density at radius 1 is 1.33 bits per heavy atom. The van der Waals surface area contributed by atoms with Crippen LogP contribution in [0, 0.1) is 0 Å². The number of aromatic amines is 1. The summed E-state index contributed by atoms with van der Waals surface area (Å²) >= 11 is 14.6. The van der Waals surface area contributed by atoms with Gasteiger partial charge in [0.25, 0.3) is 5.56 Å². The topological polar surface area (TPSA) is 72.0 Å². The molecule has 0 unspecified atom stereocenters. The zero-order valence-electron chi connectivity index (χ0n) is 14.8. The molecule has 0 aliphatic carbocycles. The number of carbonyl (C=O) groups is 1. The van der Waals surface area contributed by atoms with Crippen LogP contribution in [-0.2, 0) is 9.53 Å². The lowest BCUT2D eigenvalue weighted by Gasteiger charge is -2.20. The summed E-state index contributed by atoms with van der Waals surface area (Å²) in [5.41, 5.74) is 1.25. The van der Waals surface area contributed by atoms with Gasteiger partial charge in [-0.3, -0.25) is 9.59 Å². The number of benzene rings is 1. The lowest BCUT2D eigenvalue weighted by molar-refractivity contribution is -0.145. The van der Waals surface area contributed by atoms with Crippen LogP contribution in [-0.4, -0.2) is 27.3 Å². The molecule has 142 valence electrons. The molecule has 0 aliphatic heterocycles. The van der Waals surface area contributed by atoms with Crippen molar-refractivity contribution in [3.8, 4) is 11.1 Å². The van der Waals surface area contributed by atoms with Gasteiger partial charge in [-0.2, -0.15) is 0 Å². The number of nitrogens with one attached hydrogen (secondary N) is 1. The summed E-state index contributed by atoms with van der Waals surface area (Å²) in [6.45, 7) is 5.51. The first-order valence-electron chi connectivity index (χ1n) is 8.06. The Bertz CT molecular complexity index is 1080. The van der Waals surface area contributed by atoms with Crippen molar-refractivity contribution in [2.75, 3.05) is 6.61 Å². The van der Waals surface area contributed by atoms with Crippen LogP contribution < -0.4 is 5.56 Å². The first-order valence-corrected chi connectivity index (χ1v) is 10.5. The van der Waals surface area contributed by atoms with E-state index in [9.17, 15) is 9.59 Å². The summed E-state index contributed by atoms with van der Waals surface area (Å²) in [7, 11) is 0. The van der Waals surface area contributed by atoms with Gasteiger partial charge in [-0.25, -0.2) is 4.98 Å². The van der Waals surface area contributed by atoms with Crippen LogP contribution >= 0.6 is 46.3 Å². The van der Waals surface area contributed by atoms with E-state index in [0.29, 0.717) is 32.0 Å². The van der Waals surface area contributed by atoms with E-state index in [1.54, 1.807) is 32.9 Å². The van der Waals surface area contributed by atoms with Crippen molar-refractivity contribution < 1.29 is 9.53 Å². The number of ether oxygens (including phenoxy) is 1. The lowest BCUT2D eigenvalue weighted by Crippen LogP contribution is -2.30. The van der Waals surface area contributed by atoms with Gasteiger partial charge < -0.3 is 9.72 Å². The van der Waals surface area contributed by atoms with Gasteiger partial charge in [0.15, 0.2) is 5.16 Å². The van der Waals surface area contributed by atoms with Gasteiger partial charge in [0.2, 0.25) is 0 Å². The van der Waals surface area contributed by atoms with Crippen LogP contribution in [0.2, 0.25) is 10.0 Å². The number of carbonyl (C=O) groups excluding carboxylic acids is 1. The molecule has 5 nitrogen and oxygen atoms in total. The molecule has 1 aromatic carbocycles. The molecule has 9 heteroatoms. The number of H-pyrrole nitrogens is 1. The smallest absolute Gasteiger partial charge is 0.322 e. The fraction of sp³-hybridized carbons (Fsp3) is 0.278.